The zero-order valence-corrected chi connectivity index (χ0v) is 19.5. The van der Waals surface area contributed by atoms with E-state index < -0.39 is 0 Å². The molecule has 0 saturated carbocycles. The zero-order chi connectivity index (χ0) is 24.2. The summed E-state index contributed by atoms with van der Waals surface area (Å²) in [5.41, 5.74) is 3.13. The van der Waals surface area contributed by atoms with E-state index in [4.69, 9.17) is 4.74 Å². The van der Waals surface area contributed by atoms with Crippen molar-refractivity contribution >= 4 is 27.7 Å². The molecular weight excluding hydrogens is 440 g/mol. The van der Waals surface area contributed by atoms with Crippen molar-refractivity contribution in [2.24, 2.45) is 0 Å². The predicted molar refractivity (Wildman–Crippen MR) is 136 cm³/mol. The Morgan fingerprint density at radius 1 is 0.971 bits per heavy atom. The summed E-state index contributed by atoms with van der Waals surface area (Å²) in [6.45, 7) is 1.56. The average Bonchev–Trinajstić information content (AvgIpc) is 3.25. The van der Waals surface area contributed by atoms with Gasteiger partial charge in [-0.1, -0.05) is 60.7 Å². The lowest BCUT2D eigenvalue weighted by atomic mass is 10.1. The molecule has 0 saturated heterocycles. The Kier molecular flexibility index (Phi) is 6.41. The average molecular weight is 467 g/mol. The molecule has 0 fully saturated rings. The van der Waals surface area contributed by atoms with E-state index in [0.717, 1.165) is 16.5 Å². The topological polar surface area (TPSA) is 80.2 Å². The van der Waals surface area contributed by atoms with Gasteiger partial charge in [-0.2, -0.15) is 0 Å². The fourth-order valence-electron chi connectivity index (χ4n) is 4.34. The number of carbonyl (C=O) groups excluding carboxylic acids is 1. The minimum Gasteiger partial charge on any atom is -0.383 e. The number of hydrogen-bond acceptors (Lipinski definition) is 4. The van der Waals surface area contributed by atoms with Gasteiger partial charge in [0.05, 0.1) is 29.6 Å². The number of carbonyl (C=O) groups is 1. The highest BCUT2D eigenvalue weighted by molar-refractivity contribution is 6.07. The maximum atomic E-state index is 13.8. The van der Waals surface area contributed by atoms with Crippen molar-refractivity contribution in [1.82, 2.24) is 19.4 Å². The Morgan fingerprint density at radius 2 is 1.69 bits per heavy atom. The molecule has 0 aliphatic rings. The Morgan fingerprint density at radius 3 is 2.49 bits per heavy atom. The molecule has 2 heterocycles. The quantitative estimate of drug-likeness (QED) is 0.371. The molecule has 176 valence electrons. The fourth-order valence-corrected chi connectivity index (χ4v) is 4.34. The summed E-state index contributed by atoms with van der Waals surface area (Å²) < 4.78 is 7.37. The SMILES string of the molecule is COCCN(Cc1nc2ccccc2c(=O)[nH]1)C(=O)c1cn(Cc2ccccc2)c2ccccc12. The summed E-state index contributed by atoms with van der Waals surface area (Å²) in [6.07, 6.45) is 1.91. The van der Waals surface area contributed by atoms with E-state index in [1.54, 1.807) is 30.2 Å². The van der Waals surface area contributed by atoms with Crippen molar-refractivity contribution in [1.29, 1.82) is 0 Å². The third kappa shape index (κ3) is 4.72. The van der Waals surface area contributed by atoms with Crippen LogP contribution in [0.4, 0.5) is 0 Å². The van der Waals surface area contributed by atoms with Gasteiger partial charge >= 0.3 is 0 Å². The molecule has 5 aromatic rings. The summed E-state index contributed by atoms with van der Waals surface area (Å²) in [5, 5.41) is 1.41. The summed E-state index contributed by atoms with van der Waals surface area (Å²) in [6, 6.07) is 25.2. The molecule has 0 aliphatic carbocycles. The van der Waals surface area contributed by atoms with Crippen LogP contribution in [-0.4, -0.2) is 45.6 Å². The normalized spacial score (nSPS) is 11.2. The lowest BCUT2D eigenvalue weighted by Crippen LogP contribution is -2.34. The number of aromatic nitrogens is 3. The van der Waals surface area contributed by atoms with Crippen LogP contribution < -0.4 is 5.56 Å². The second kappa shape index (κ2) is 9.95. The number of methoxy groups -OCH3 is 1. The summed E-state index contributed by atoms with van der Waals surface area (Å²) in [4.78, 5) is 35.5. The first-order valence-electron chi connectivity index (χ1n) is 11.5. The van der Waals surface area contributed by atoms with Crippen molar-refractivity contribution in [3.05, 3.63) is 112 Å². The molecule has 35 heavy (non-hydrogen) atoms. The highest BCUT2D eigenvalue weighted by Gasteiger charge is 2.22. The number of nitrogens with zero attached hydrogens (tertiary/aromatic N) is 3. The first-order valence-corrected chi connectivity index (χ1v) is 11.5. The van der Waals surface area contributed by atoms with Gasteiger partial charge in [-0.25, -0.2) is 4.98 Å². The molecule has 0 radical (unpaired) electrons. The van der Waals surface area contributed by atoms with Gasteiger partial charge in [0.25, 0.3) is 11.5 Å². The molecule has 0 unspecified atom stereocenters. The molecule has 1 N–H and O–H groups in total. The van der Waals surface area contributed by atoms with Gasteiger partial charge < -0.3 is 19.2 Å². The van der Waals surface area contributed by atoms with Crippen LogP contribution in [0.15, 0.2) is 89.9 Å². The van der Waals surface area contributed by atoms with Gasteiger partial charge in [0, 0.05) is 37.3 Å². The molecule has 0 aliphatic heterocycles. The first kappa shape index (κ1) is 22.6. The van der Waals surface area contributed by atoms with E-state index >= 15 is 0 Å². The van der Waals surface area contributed by atoms with E-state index in [1.807, 2.05) is 54.7 Å². The number of amides is 1. The van der Waals surface area contributed by atoms with E-state index in [1.165, 1.54) is 0 Å². The number of hydrogen-bond donors (Lipinski definition) is 1. The molecule has 7 heteroatoms. The van der Waals surface area contributed by atoms with Crippen molar-refractivity contribution in [2.45, 2.75) is 13.1 Å². The van der Waals surface area contributed by atoms with Gasteiger partial charge in [-0.15, -0.1) is 0 Å². The standard InChI is InChI=1S/C28H26N4O3/c1-35-16-15-31(19-26-29-24-13-7-5-12-22(24)27(33)30-26)28(34)23-18-32(17-20-9-3-2-4-10-20)25-14-8-6-11-21(23)25/h2-14,18H,15-17,19H2,1H3,(H,29,30,33). The molecule has 1 amide bonds. The van der Waals surface area contributed by atoms with E-state index in [9.17, 15) is 9.59 Å². The van der Waals surface area contributed by atoms with Crippen LogP contribution in [-0.2, 0) is 17.8 Å². The third-order valence-corrected chi connectivity index (χ3v) is 6.07. The van der Waals surface area contributed by atoms with Gasteiger partial charge in [-0.3, -0.25) is 9.59 Å². The van der Waals surface area contributed by atoms with Crippen LogP contribution in [0, 0.1) is 0 Å². The maximum Gasteiger partial charge on any atom is 0.258 e. The van der Waals surface area contributed by atoms with Gasteiger partial charge in [0.1, 0.15) is 5.82 Å². The van der Waals surface area contributed by atoms with Crippen LogP contribution in [0.3, 0.4) is 0 Å². The lowest BCUT2D eigenvalue weighted by Gasteiger charge is -2.22. The van der Waals surface area contributed by atoms with Crippen LogP contribution in [0.25, 0.3) is 21.8 Å². The molecule has 3 aromatic carbocycles. The van der Waals surface area contributed by atoms with E-state index in [2.05, 4.69) is 26.7 Å². The van der Waals surface area contributed by atoms with Crippen molar-refractivity contribution in [3.63, 3.8) is 0 Å². The number of para-hydroxylation sites is 2. The third-order valence-electron chi connectivity index (χ3n) is 6.07. The maximum absolute atomic E-state index is 13.8. The number of fused-ring (bicyclic) bond motifs is 2. The number of H-pyrrole nitrogens is 1. The van der Waals surface area contributed by atoms with Gasteiger partial charge in [0.2, 0.25) is 0 Å². The molecule has 5 rings (SSSR count). The number of benzene rings is 3. The lowest BCUT2D eigenvalue weighted by molar-refractivity contribution is 0.0677. The Balaban J connectivity index is 1.51. The van der Waals surface area contributed by atoms with E-state index in [-0.39, 0.29) is 18.0 Å². The van der Waals surface area contributed by atoms with Gasteiger partial charge in [-0.05, 0) is 23.8 Å². The Labute approximate surface area is 202 Å². The number of ether oxygens (including phenoxy) is 1. The smallest absolute Gasteiger partial charge is 0.258 e. The second-order valence-electron chi connectivity index (χ2n) is 8.42. The molecule has 0 bridgehead atoms. The molecule has 0 spiro atoms. The van der Waals surface area contributed by atoms with Crippen LogP contribution in [0.5, 0.6) is 0 Å². The highest BCUT2D eigenvalue weighted by atomic mass is 16.5. The highest BCUT2D eigenvalue weighted by Crippen LogP contribution is 2.24. The summed E-state index contributed by atoms with van der Waals surface area (Å²) in [7, 11) is 1.60. The van der Waals surface area contributed by atoms with Gasteiger partial charge in [0.15, 0.2) is 0 Å². The predicted octanol–water partition coefficient (Wildman–Crippen LogP) is 4.21. The largest absolute Gasteiger partial charge is 0.383 e. The zero-order valence-electron chi connectivity index (χ0n) is 19.5. The monoisotopic (exact) mass is 466 g/mol. The minimum atomic E-state index is -0.218. The van der Waals surface area contributed by atoms with Crippen LogP contribution in [0.2, 0.25) is 0 Å². The molecule has 2 aromatic heterocycles. The van der Waals surface area contributed by atoms with Crippen LogP contribution in [0.1, 0.15) is 21.7 Å². The number of aromatic amines is 1. The molecule has 7 nitrogen and oxygen atoms in total. The second-order valence-corrected chi connectivity index (χ2v) is 8.42. The van der Waals surface area contributed by atoms with Crippen LogP contribution >= 0.6 is 0 Å². The minimum absolute atomic E-state index is 0.138. The van der Waals surface area contributed by atoms with Crippen molar-refractivity contribution in [2.75, 3.05) is 20.3 Å². The van der Waals surface area contributed by atoms with Crippen molar-refractivity contribution in [3.8, 4) is 0 Å². The summed E-state index contributed by atoms with van der Waals surface area (Å²) >= 11 is 0. The van der Waals surface area contributed by atoms with E-state index in [0.29, 0.717) is 42.0 Å². The fraction of sp³-hybridized carbons (Fsp3) is 0.179. The number of rotatable bonds is 8. The Hall–Kier alpha value is -4.23. The first-order chi connectivity index (χ1) is 17.1. The molecule has 0 atom stereocenters. The number of nitrogens with one attached hydrogen (secondary N) is 1. The van der Waals surface area contributed by atoms with Crippen molar-refractivity contribution < 1.29 is 9.53 Å². The molecular formula is C28H26N4O3. The Bertz CT molecular complexity index is 1540. The summed E-state index contributed by atoms with van der Waals surface area (Å²) in [5.74, 6) is 0.298.